The Morgan fingerprint density at radius 2 is 1.04 bits per heavy atom. The lowest BCUT2D eigenvalue weighted by molar-refractivity contribution is -0.331. The van der Waals surface area contributed by atoms with Gasteiger partial charge in [-0.1, -0.05) is 127 Å². The van der Waals surface area contributed by atoms with Crippen LogP contribution in [0, 0.1) is 0 Å². The first-order chi connectivity index (χ1) is 25.2. The second-order valence-corrected chi connectivity index (χ2v) is 12.1. The molecular formula is C42H43NO8. The van der Waals surface area contributed by atoms with Crippen molar-refractivity contribution in [2.24, 2.45) is 0 Å². The van der Waals surface area contributed by atoms with Crippen molar-refractivity contribution in [3.8, 4) is 0 Å². The van der Waals surface area contributed by atoms with Gasteiger partial charge in [-0.05, 0) is 34.4 Å². The molecule has 0 saturated carbocycles. The largest absolute Gasteiger partial charge is 0.464 e. The van der Waals surface area contributed by atoms with Crippen LogP contribution in [0.1, 0.15) is 38.4 Å². The molecule has 51 heavy (non-hydrogen) atoms. The normalized spacial score (nSPS) is 20.1. The van der Waals surface area contributed by atoms with Crippen LogP contribution in [0.5, 0.6) is 0 Å². The molecule has 0 bridgehead atoms. The quantitative estimate of drug-likeness (QED) is 0.0950. The molecule has 2 heterocycles. The summed E-state index contributed by atoms with van der Waals surface area (Å²) in [5.74, 6) is -0.529. The van der Waals surface area contributed by atoms with Crippen molar-refractivity contribution in [2.75, 3.05) is 13.7 Å². The summed E-state index contributed by atoms with van der Waals surface area (Å²) in [5.41, 5.74) is 4.77. The third kappa shape index (κ3) is 10.6. The zero-order valence-electron chi connectivity index (χ0n) is 28.6. The highest BCUT2D eigenvalue weighted by Crippen LogP contribution is 2.32. The first kappa shape index (κ1) is 36.1. The van der Waals surface area contributed by atoms with E-state index >= 15 is 0 Å². The second-order valence-electron chi connectivity index (χ2n) is 12.1. The van der Waals surface area contributed by atoms with Crippen molar-refractivity contribution < 1.29 is 38.0 Å². The highest BCUT2D eigenvalue weighted by atomic mass is 16.7. The molecule has 6 rings (SSSR count). The number of esters is 1. The SMILES string of the molecule is COC(=O)c1cccc(CO[C@@H]2O[C@H](COCc3ccccc3)[C@H](OCc3ccccc3)[C@H](OCc3ccccc3)[C@H]2OCc2ccccc2)n1. The number of aromatic nitrogens is 1. The van der Waals surface area contributed by atoms with Crippen LogP contribution < -0.4 is 0 Å². The zero-order valence-corrected chi connectivity index (χ0v) is 28.6. The molecule has 9 heteroatoms. The van der Waals surface area contributed by atoms with Gasteiger partial charge in [-0.2, -0.15) is 0 Å². The van der Waals surface area contributed by atoms with Crippen molar-refractivity contribution >= 4 is 5.97 Å². The Labute approximate surface area is 299 Å². The average molecular weight is 690 g/mol. The maximum absolute atomic E-state index is 12.2. The molecule has 9 nitrogen and oxygen atoms in total. The van der Waals surface area contributed by atoms with Crippen LogP contribution in [-0.4, -0.2) is 55.4 Å². The first-order valence-corrected chi connectivity index (χ1v) is 17.1. The van der Waals surface area contributed by atoms with E-state index in [1.165, 1.54) is 7.11 Å². The van der Waals surface area contributed by atoms with Crippen LogP contribution in [0.2, 0.25) is 0 Å². The highest BCUT2D eigenvalue weighted by Gasteiger charge is 2.49. The number of ether oxygens (including phenoxy) is 7. The number of carbonyl (C=O) groups excluding carboxylic acids is 1. The molecule has 264 valence electrons. The number of hydrogen-bond donors (Lipinski definition) is 0. The minimum Gasteiger partial charge on any atom is -0.464 e. The summed E-state index contributed by atoms with van der Waals surface area (Å²) in [6, 6.07) is 45.0. The Morgan fingerprint density at radius 1 is 0.549 bits per heavy atom. The lowest BCUT2D eigenvalue weighted by Crippen LogP contribution is -2.61. The Balaban J connectivity index is 1.31. The monoisotopic (exact) mass is 689 g/mol. The van der Waals surface area contributed by atoms with Gasteiger partial charge < -0.3 is 33.2 Å². The minimum absolute atomic E-state index is 0.0409. The summed E-state index contributed by atoms with van der Waals surface area (Å²) >= 11 is 0. The molecule has 5 atom stereocenters. The number of nitrogens with zero attached hydrogens (tertiary/aromatic N) is 1. The number of hydrogen-bond acceptors (Lipinski definition) is 9. The molecule has 5 aromatic rings. The van der Waals surface area contributed by atoms with Gasteiger partial charge in [0.1, 0.15) is 30.1 Å². The molecule has 1 aromatic heterocycles. The van der Waals surface area contributed by atoms with Crippen LogP contribution in [-0.2, 0) is 66.2 Å². The molecule has 0 amide bonds. The van der Waals surface area contributed by atoms with E-state index in [0.29, 0.717) is 25.5 Å². The summed E-state index contributed by atoms with van der Waals surface area (Å²) in [4.78, 5) is 16.7. The van der Waals surface area contributed by atoms with Crippen molar-refractivity contribution in [2.45, 2.75) is 63.7 Å². The van der Waals surface area contributed by atoms with Gasteiger partial charge in [0.25, 0.3) is 0 Å². The van der Waals surface area contributed by atoms with Crippen molar-refractivity contribution in [1.29, 1.82) is 0 Å². The molecular weight excluding hydrogens is 646 g/mol. The van der Waals surface area contributed by atoms with Gasteiger partial charge in [0.2, 0.25) is 0 Å². The highest BCUT2D eigenvalue weighted by molar-refractivity contribution is 5.87. The van der Waals surface area contributed by atoms with E-state index in [1.807, 2.05) is 121 Å². The maximum Gasteiger partial charge on any atom is 0.356 e. The summed E-state index contributed by atoms with van der Waals surface area (Å²) in [6.45, 7) is 1.58. The molecule has 0 N–H and O–H groups in total. The Hall–Kier alpha value is -4.74. The second kappa shape index (κ2) is 19.0. The maximum atomic E-state index is 12.2. The Bertz CT molecular complexity index is 1740. The standard InChI is InChI=1S/C42H43NO8/c1-45-41(44)36-24-14-23-35(43-36)29-50-42-40(49-28-34-21-12-5-13-22-34)39(48-27-33-19-10-4-11-20-33)38(47-26-32-17-8-3-9-18-32)37(51-42)30-46-25-31-15-6-2-7-16-31/h2-24,37-40,42H,25-30H2,1H3/t37-,38+,39+,40-,42-/m1/s1. The fourth-order valence-electron chi connectivity index (χ4n) is 5.83. The summed E-state index contributed by atoms with van der Waals surface area (Å²) in [6.07, 6.45) is -3.43. The molecule has 1 aliphatic heterocycles. The van der Waals surface area contributed by atoms with Gasteiger partial charge in [0, 0.05) is 0 Å². The number of carbonyl (C=O) groups is 1. The smallest absolute Gasteiger partial charge is 0.356 e. The Kier molecular flexibility index (Phi) is 13.5. The molecule has 1 fully saturated rings. The van der Waals surface area contributed by atoms with E-state index in [2.05, 4.69) is 4.98 Å². The van der Waals surface area contributed by atoms with Crippen molar-refractivity contribution in [3.05, 3.63) is 173 Å². The zero-order chi connectivity index (χ0) is 35.1. The lowest BCUT2D eigenvalue weighted by Gasteiger charge is -2.45. The van der Waals surface area contributed by atoms with Crippen LogP contribution in [0.4, 0.5) is 0 Å². The van der Waals surface area contributed by atoms with E-state index in [-0.39, 0.29) is 25.5 Å². The summed E-state index contributed by atoms with van der Waals surface area (Å²) in [7, 11) is 1.32. The molecule has 1 saturated heterocycles. The van der Waals surface area contributed by atoms with E-state index in [1.54, 1.807) is 18.2 Å². The number of rotatable bonds is 17. The van der Waals surface area contributed by atoms with Crippen LogP contribution in [0.3, 0.4) is 0 Å². The molecule has 1 aliphatic rings. The fourth-order valence-corrected chi connectivity index (χ4v) is 5.83. The van der Waals surface area contributed by atoms with E-state index < -0.39 is 36.7 Å². The van der Waals surface area contributed by atoms with E-state index in [4.69, 9.17) is 33.2 Å². The lowest BCUT2D eigenvalue weighted by atomic mass is 9.97. The third-order valence-electron chi connectivity index (χ3n) is 8.44. The number of methoxy groups -OCH3 is 1. The summed E-state index contributed by atoms with van der Waals surface area (Å²) in [5, 5.41) is 0. The van der Waals surface area contributed by atoms with Crippen LogP contribution >= 0.6 is 0 Å². The van der Waals surface area contributed by atoms with Crippen molar-refractivity contribution in [3.63, 3.8) is 0 Å². The summed E-state index contributed by atoms with van der Waals surface area (Å²) < 4.78 is 44.5. The van der Waals surface area contributed by atoms with E-state index in [0.717, 1.165) is 22.3 Å². The first-order valence-electron chi connectivity index (χ1n) is 17.1. The minimum atomic E-state index is -0.903. The van der Waals surface area contributed by atoms with E-state index in [9.17, 15) is 4.79 Å². The average Bonchev–Trinajstić information content (AvgIpc) is 3.19. The Morgan fingerprint density at radius 3 is 1.57 bits per heavy atom. The van der Waals surface area contributed by atoms with Crippen molar-refractivity contribution in [1.82, 2.24) is 4.98 Å². The molecule has 0 aliphatic carbocycles. The van der Waals surface area contributed by atoms with Gasteiger partial charge in [-0.25, -0.2) is 9.78 Å². The van der Waals surface area contributed by atoms with Gasteiger partial charge in [-0.15, -0.1) is 0 Å². The topological polar surface area (TPSA) is 94.6 Å². The van der Waals surface area contributed by atoms with Crippen LogP contribution in [0.15, 0.2) is 140 Å². The van der Waals surface area contributed by atoms with Gasteiger partial charge >= 0.3 is 5.97 Å². The molecule has 4 aromatic carbocycles. The molecule has 0 unspecified atom stereocenters. The predicted octanol–water partition coefficient (Wildman–Crippen LogP) is 7.08. The van der Waals surface area contributed by atoms with Gasteiger partial charge in [0.15, 0.2) is 6.29 Å². The number of benzene rings is 4. The van der Waals surface area contributed by atoms with Gasteiger partial charge in [-0.3, -0.25) is 0 Å². The molecule has 0 spiro atoms. The third-order valence-corrected chi connectivity index (χ3v) is 8.44. The van der Waals surface area contributed by atoms with Crippen LogP contribution in [0.25, 0.3) is 0 Å². The number of pyridine rings is 1. The predicted molar refractivity (Wildman–Crippen MR) is 190 cm³/mol. The fraction of sp³-hybridized carbons (Fsp3) is 0.286. The van der Waals surface area contributed by atoms with Gasteiger partial charge in [0.05, 0.1) is 52.4 Å². The molecule has 0 radical (unpaired) electrons.